The highest BCUT2D eigenvalue weighted by Gasteiger charge is 2.22. The smallest absolute Gasteiger partial charge is 0.0459 e. The van der Waals surface area contributed by atoms with Crippen LogP contribution in [0.3, 0.4) is 0 Å². The van der Waals surface area contributed by atoms with Crippen molar-refractivity contribution in [3.63, 3.8) is 0 Å². The van der Waals surface area contributed by atoms with Crippen molar-refractivity contribution < 1.29 is 0 Å². The molecule has 1 heterocycles. The van der Waals surface area contributed by atoms with Gasteiger partial charge in [-0.3, -0.25) is 0 Å². The standard InChI is InChI=1S/C30H48IN/c1-2-3-4-5-6-7-8-9-10-11-12-13-14-15-16-17-18-25-19-21-27-28-24-26(31)20-22-29(28)32-30(27)23-25/h20,22,24-25,32H,2-19,21,23H2,1H3. The summed E-state index contributed by atoms with van der Waals surface area (Å²) in [6.45, 7) is 2.30. The van der Waals surface area contributed by atoms with Crippen LogP contribution in [0.25, 0.3) is 10.9 Å². The van der Waals surface area contributed by atoms with Crippen molar-refractivity contribution in [1.82, 2.24) is 4.98 Å². The van der Waals surface area contributed by atoms with Crippen LogP contribution in [0.5, 0.6) is 0 Å². The molecule has 1 aromatic heterocycles. The van der Waals surface area contributed by atoms with Crippen molar-refractivity contribution in [2.75, 3.05) is 0 Å². The average molecular weight is 550 g/mol. The van der Waals surface area contributed by atoms with Gasteiger partial charge in [0.25, 0.3) is 0 Å². The maximum absolute atomic E-state index is 3.73. The SMILES string of the molecule is CCCCCCCCCCCCCCCCCCC1CCc2c([nH]c3ccc(I)cc23)C1. The lowest BCUT2D eigenvalue weighted by atomic mass is 9.84. The first-order chi connectivity index (χ1) is 15.8. The fourth-order valence-corrected chi connectivity index (χ4v) is 6.19. The number of aromatic nitrogens is 1. The summed E-state index contributed by atoms with van der Waals surface area (Å²) in [6, 6.07) is 6.85. The lowest BCUT2D eigenvalue weighted by Gasteiger charge is -2.22. The highest BCUT2D eigenvalue weighted by atomic mass is 127. The molecule has 0 amide bonds. The van der Waals surface area contributed by atoms with Crippen molar-refractivity contribution in [3.8, 4) is 0 Å². The fourth-order valence-electron chi connectivity index (χ4n) is 5.70. The number of aryl methyl sites for hydroxylation is 1. The Bertz CT molecular complexity index is 762. The number of unbranched alkanes of at least 4 members (excludes halogenated alkanes) is 15. The van der Waals surface area contributed by atoms with Gasteiger partial charge in [0.15, 0.2) is 0 Å². The Labute approximate surface area is 212 Å². The molecule has 1 nitrogen and oxygen atoms in total. The molecule has 3 rings (SSSR count). The maximum atomic E-state index is 3.73. The summed E-state index contributed by atoms with van der Waals surface area (Å²) >= 11 is 2.44. The van der Waals surface area contributed by atoms with Crippen LogP contribution in [0, 0.1) is 9.49 Å². The molecule has 1 N–H and O–H groups in total. The molecule has 0 bridgehead atoms. The van der Waals surface area contributed by atoms with E-state index in [-0.39, 0.29) is 0 Å². The molecule has 180 valence electrons. The number of H-pyrrole nitrogens is 1. The van der Waals surface area contributed by atoms with Gasteiger partial charge in [0, 0.05) is 20.2 Å². The van der Waals surface area contributed by atoms with Crippen LogP contribution < -0.4 is 0 Å². The third-order valence-corrected chi connectivity index (χ3v) is 8.39. The van der Waals surface area contributed by atoms with Crippen molar-refractivity contribution in [3.05, 3.63) is 33.0 Å². The van der Waals surface area contributed by atoms with Crippen LogP contribution in [0.1, 0.15) is 134 Å². The van der Waals surface area contributed by atoms with Gasteiger partial charge in [-0.1, -0.05) is 116 Å². The summed E-state index contributed by atoms with van der Waals surface area (Å²) in [5.41, 5.74) is 4.50. The minimum absolute atomic E-state index is 0.904. The Kier molecular flexibility index (Phi) is 12.6. The number of rotatable bonds is 17. The molecule has 0 spiro atoms. The van der Waals surface area contributed by atoms with E-state index in [0.29, 0.717) is 0 Å². The number of benzene rings is 1. The van der Waals surface area contributed by atoms with Gasteiger partial charge in [0.05, 0.1) is 0 Å². The highest BCUT2D eigenvalue weighted by Crippen LogP contribution is 2.34. The van der Waals surface area contributed by atoms with Gasteiger partial charge in [-0.05, 0) is 71.5 Å². The maximum Gasteiger partial charge on any atom is 0.0459 e. The number of hydrogen-bond acceptors (Lipinski definition) is 0. The fraction of sp³-hybridized carbons (Fsp3) is 0.733. The van der Waals surface area contributed by atoms with E-state index in [9.17, 15) is 0 Å². The number of fused-ring (bicyclic) bond motifs is 3. The first-order valence-electron chi connectivity index (χ1n) is 14.1. The van der Waals surface area contributed by atoms with Gasteiger partial charge < -0.3 is 4.98 Å². The van der Waals surface area contributed by atoms with Gasteiger partial charge >= 0.3 is 0 Å². The van der Waals surface area contributed by atoms with Gasteiger partial charge in [-0.2, -0.15) is 0 Å². The summed E-state index contributed by atoms with van der Waals surface area (Å²) < 4.78 is 1.35. The molecule has 0 radical (unpaired) electrons. The normalized spacial score (nSPS) is 16.0. The topological polar surface area (TPSA) is 15.8 Å². The number of hydrogen-bond donors (Lipinski definition) is 1. The third-order valence-electron chi connectivity index (χ3n) is 7.72. The van der Waals surface area contributed by atoms with Gasteiger partial charge in [-0.15, -0.1) is 0 Å². The Morgan fingerprint density at radius 3 is 1.94 bits per heavy atom. The molecule has 1 aliphatic carbocycles. The predicted octanol–water partition coefficient (Wildman–Crippen LogP) is 10.5. The molecule has 2 heteroatoms. The first-order valence-corrected chi connectivity index (χ1v) is 15.1. The zero-order valence-electron chi connectivity index (χ0n) is 20.8. The molecular formula is C30H48IN. The molecule has 0 saturated heterocycles. The summed E-state index contributed by atoms with van der Waals surface area (Å²) in [7, 11) is 0. The molecule has 0 saturated carbocycles. The Morgan fingerprint density at radius 1 is 0.781 bits per heavy atom. The summed E-state index contributed by atoms with van der Waals surface area (Å²) in [6.07, 6.45) is 28.7. The molecular weight excluding hydrogens is 501 g/mol. The van der Waals surface area contributed by atoms with E-state index in [2.05, 4.69) is 52.7 Å². The summed E-state index contributed by atoms with van der Waals surface area (Å²) in [4.78, 5) is 3.73. The first kappa shape index (κ1) is 26.1. The number of aromatic amines is 1. The van der Waals surface area contributed by atoms with E-state index in [4.69, 9.17) is 0 Å². The highest BCUT2D eigenvalue weighted by molar-refractivity contribution is 14.1. The molecule has 1 aliphatic rings. The second-order valence-corrected chi connectivity index (χ2v) is 11.7. The molecule has 1 atom stereocenters. The zero-order chi connectivity index (χ0) is 22.4. The van der Waals surface area contributed by atoms with Crippen molar-refractivity contribution in [2.45, 2.75) is 135 Å². The van der Waals surface area contributed by atoms with Gasteiger partial charge in [0.2, 0.25) is 0 Å². The van der Waals surface area contributed by atoms with E-state index in [0.717, 1.165) is 5.92 Å². The molecule has 1 aromatic carbocycles. The minimum Gasteiger partial charge on any atom is -0.358 e. The van der Waals surface area contributed by atoms with E-state index >= 15 is 0 Å². The third kappa shape index (κ3) is 9.03. The summed E-state index contributed by atoms with van der Waals surface area (Å²) in [5, 5.41) is 1.48. The second-order valence-electron chi connectivity index (χ2n) is 10.5. The number of halogens is 1. The quantitative estimate of drug-likeness (QED) is 0.149. The van der Waals surface area contributed by atoms with E-state index < -0.39 is 0 Å². The van der Waals surface area contributed by atoms with Crippen LogP contribution in [-0.2, 0) is 12.8 Å². The van der Waals surface area contributed by atoms with Crippen LogP contribution in [-0.4, -0.2) is 4.98 Å². The molecule has 32 heavy (non-hydrogen) atoms. The average Bonchev–Trinajstić information content (AvgIpc) is 3.15. The van der Waals surface area contributed by atoms with Crippen LogP contribution in [0.2, 0.25) is 0 Å². The molecule has 2 aromatic rings. The molecule has 0 fully saturated rings. The Morgan fingerprint density at radius 2 is 1.34 bits per heavy atom. The number of nitrogens with one attached hydrogen (secondary N) is 1. The van der Waals surface area contributed by atoms with Crippen molar-refractivity contribution in [2.24, 2.45) is 5.92 Å². The lowest BCUT2D eigenvalue weighted by molar-refractivity contribution is 0.401. The van der Waals surface area contributed by atoms with Gasteiger partial charge in [-0.25, -0.2) is 0 Å². The van der Waals surface area contributed by atoms with Crippen LogP contribution in [0.4, 0.5) is 0 Å². The van der Waals surface area contributed by atoms with Gasteiger partial charge in [0.1, 0.15) is 0 Å². The van der Waals surface area contributed by atoms with Crippen molar-refractivity contribution >= 4 is 33.5 Å². The molecule has 1 unspecified atom stereocenters. The predicted molar refractivity (Wildman–Crippen MR) is 151 cm³/mol. The monoisotopic (exact) mass is 549 g/mol. The van der Waals surface area contributed by atoms with Crippen LogP contribution in [0.15, 0.2) is 18.2 Å². The zero-order valence-corrected chi connectivity index (χ0v) is 23.0. The minimum atomic E-state index is 0.904. The summed E-state index contributed by atoms with van der Waals surface area (Å²) in [5.74, 6) is 0.904. The largest absolute Gasteiger partial charge is 0.358 e. The Hall–Kier alpha value is -0.510. The molecule has 0 aliphatic heterocycles. The lowest BCUT2D eigenvalue weighted by Crippen LogP contribution is -2.13. The van der Waals surface area contributed by atoms with Crippen LogP contribution >= 0.6 is 22.6 Å². The Balaban J connectivity index is 1.14. The van der Waals surface area contributed by atoms with E-state index in [1.54, 1.807) is 5.56 Å². The van der Waals surface area contributed by atoms with E-state index in [1.807, 2.05) is 0 Å². The second kappa shape index (κ2) is 15.4. The van der Waals surface area contributed by atoms with E-state index in [1.165, 1.54) is 149 Å². The van der Waals surface area contributed by atoms with Crippen molar-refractivity contribution in [1.29, 1.82) is 0 Å².